The molecule has 0 aromatic carbocycles. The third-order valence-corrected chi connectivity index (χ3v) is 2.26. The molecule has 0 bridgehead atoms. The summed E-state index contributed by atoms with van der Waals surface area (Å²) in [4.78, 5) is 13.1. The Morgan fingerprint density at radius 3 is 2.82 bits per heavy atom. The van der Waals surface area contributed by atoms with Crippen LogP contribution in [0, 0.1) is 10.1 Å². The van der Waals surface area contributed by atoms with E-state index in [1.165, 1.54) is 12.3 Å². The second-order valence-electron chi connectivity index (χ2n) is 1.69. The Balaban J connectivity index is 3.27. The van der Waals surface area contributed by atoms with Crippen LogP contribution in [-0.4, -0.2) is 9.91 Å². The van der Waals surface area contributed by atoms with E-state index in [2.05, 4.69) is 20.9 Å². The number of hydrogen-bond acceptors (Lipinski definition) is 3. The van der Waals surface area contributed by atoms with Gasteiger partial charge in [0.1, 0.15) is 6.20 Å². The highest BCUT2D eigenvalue weighted by atomic mass is 79.9. The molecular weight excluding hydrogens is 235 g/mol. The zero-order valence-corrected chi connectivity index (χ0v) is 7.46. The van der Waals surface area contributed by atoms with Gasteiger partial charge in [0.05, 0.1) is 0 Å². The number of rotatable bonds is 1. The topological polar surface area (TPSA) is 56.0 Å². The summed E-state index contributed by atoms with van der Waals surface area (Å²) < 4.78 is 0.473. The summed E-state index contributed by atoms with van der Waals surface area (Å²) in [6.07, 6.45) is 1.31. The summed E-state index contributed by atoms with van der Waals surface area (Å²) in [5.74, 6) is -0.332. The van der Waals surface area contributed by atoms with Gasteiger partial charge in [0.15, 0.2) is 5.02 Å². The molecule has 0 saturated heterocycles. The van der Waals surface area contributed by atoms with Crippen molar-refractivity contribution in [3.63, 3.8) is 0 Å². The number of halogens is 2. The van der Waals surface area contributed by atoms with E-state index in [0.29, 0.717) is 4.47 Å². The Kier molecular flexibility index (Phi) is 2.41. The summed E-state index contributed by atoms with van der Waals surface area (Å²) in [6, 6.07) is 1.54. The van der Waals surface area contributed by atoms with Crippen LogP contribution < -0.4 is 0 Å². The van der Waals surface area contributed by atoms with Crippen LogP contribution >= 0.6 is 27.5 Å². The van der Waals surface area contributed by atoms with Gasteiger partial charge in [-0.1, -0.05) is 11.6 Å². The molecule has 1 aromatic rings. The summed E-state index contributed by atoms with van der Waals surface area (Å²) in [7, 11) is 0. The van der Waals surface area contributed by atoms with Crippen LogP contribution in [0.5, 0.6) is 0 Å². The Hall–Kier alpha value is -0.680. The molecule has 0 amide bonds. The fraction of sp³-hybridized carbons (Fsp3) is 0. The normalized spacial score (nSPS) is 9.64. The maximum absolute atomic E-state index is 10.2. The lowest BCUT2D eigenvalue weighted by Gasteiger charge is -1.94. The van der Waals surface area contributed by atoms with Crippen LogP contribution in [0.4, 0.5) is 5.82 Å². The molecule has 0 aliphatic carbocycles. The largest absolute Gasteiger partial charge is 0.383 e. The summed E-state index contributed by atoms with van der Waals surface area (Å²) in [5, 5.41) is 10.2. The van der Waals surface area contributed by atoms with Crippen LogP contribution in [-0.2, 0) is 0 Å². The van der Waals surface area contributed by atoms with Crippen molar-refractivity contribution in [2.45, 2.75) is 0 Å². The van der Waals surface area contributed by atoms with Gasteiger partial charge in [-0.05, 0) is 31.9 Å². The van der Waals surface area contributed by atoms with E-state index in [4.69, 9.17) is 11.6 Å². The van der Waals surface area contributed by atoms with E-state index >= 15 is 0 Å². The second kappa shape index (κ2) is 3.15. The average Bonchev–Trinajstić information content (AvgIpc) is 1.94. The van der Waals surface area contributed by atoms with Gasteiger partial charge in [-0.2, -0.15) is 0 Å². The van der Waals surface area contributed by atoms with Gasteiger partial charge in [0, 0.05) is 4.47 Å². The lowest BCUT2D eigenvalue weighted by molar-refractivity contribution is -0.389. The lowest BCUT2D eigenvalue weighted by atomic mass is 10.5. The molecule has 11 heavy (non-hydrogen) atoms. The molecule has 4 nitrogen and oxygen atoms in total. The molecular formula is C5H2BrClN2O2. The molecule has 1 aromatic heterocycles. The first-order valence-electron chi connectivity index (χ1n) is 2.57. The molecule has 0 fully saturated rings. The van der Waals surface area contributed by atoms with Crippen molar-refractivity contribution in [2.24, 2.45) is 0 Å². The number of pyridine rings is 1. The minimum Gasteiger partial charge on any atom is -0.358 e. The fourth-order valence-electron chi connectivity index (χ4n) is 0.537. The third kappa shape index (κ3) is 1.66. The Morgan fingerprint density at radius 1 is 1.73 bits per heavy atom. The molecule has 1 rings (SSSR count). The van der Waals surface area contributed by atoms with Crippen LogP contribution in [0.2, 0.25) is 5.02 Å². The molecule has 0 atom stereocenters. The van der Waals surface area contributed by atoms with Crippen molar-refractivity contribution < 1.29 is 4.92 Å². The van der Waals surface area contributed by atoms with E-state index in [1.807, 2.05) is 0 Å². The minimum atomic E-state index is -0.632. The molecule has 6 heteroatoms. The monoisotopic (exact) mass is 236 g/mol. The standard InChI is InChI=1S/C5H2BrClN2O2/c6-3-1-2-8-5(4(3)7)9(10)11/h1-2H. The Labute approximate surface area is 75.5 Å². The van der Waals surface area contributed by atoms with Crippen molar-refractivity contribution in [3.05, 3.63) is 31.9 Å². The third-order valence-electron chi connectivity index (χ3n) is 0.997. The maximum atomic E-state index is 10.2. The second-order valence-corrected chi connectivity index (χ2v) is 2.92. The molecule has 0 spiro atoms. The summed E-state index contributed by atoms with van der Waals surface area (Å²) in [5.41, 5.74) is 0. The first-order chi connectivity index (χ1) is 5.13. The van der Waals surface area contributed by atoms with Gasteiger partial charge in [-0.25, -0.2) is 0 Å². The first-order valence-corrected chi connectivity index (χ1v) is 3.74. The number of aromatic nitrogens is 1. The van der Waals surface area contributed by atoms with Gasteiger partial charge < -0.3 is 10.1 Å². The van der Waals surface area contributed by atoms with E-state index in [-0.39, 0.29) is 10.8 Å². The number of hydrogen-bond donors (Lipinski definition) is 0. The Morgan fingerprint density at radius 2 is 2.36 bits per heavy atom. The quantitative estimate of drug-likeness (QED) is 0.557. The molecule has 0 N–H and O–H groups in total. The fourth-order valence-corrected chi connectivity index (χ4v) is 1.01. The lowest BCUT2D eigenvalue weighted by Crippen LogP contribution is -1.92. The predicted octanol–water partition coefficient (Wildman–Crippen LogP) is 2.41. The van der Waals surface area contributed by atoms with Crippen LogP contribution in [0.3, 0.4) is 0 Å². The van der Waals surface area contributed by atoms with Crippen molar-refractivity contribution >= 4 is 33.3 Å². The Bertz CT molecular complexity index is 305. The summed E-state index contributed by atoms with van der Waals surface area (Å²) >= 11 is 8.58. The van der Waals surface area contributed by atoms with E-state index in [0.717, 1.165) is 0 Å². The van der Waals surface area contributed by atoms with E-state index in [9.17, 15) is 10.1 Å². The first kappa shape index (κ1) is 8.42. The van der Waals surface area contributed by atoms with Crippen LogP contribution in [0.25, 0.3) is 0 Å². The van der Waals surface area contributed by atoms with E-state index < -0.39 is 4.92 Å². The summed E-state index contributed by atoms with van der Waals surface area (Å²) in [6.45, 7) is 0. The van der Waals surface area contributed by atoms with Crippen molar-refractivity contribution in [1.82, 2.24) is 4.98 Å². The highest BCUT2D eigenvalue weighted by Crippen LogP contribution is 2.28. The highest BCUT2D eigenvalue weighted by molar-refractivity contribution is 9.10. The molecule has 0 saturated carbocycles. The van der Waals surface area contributed by atoms with Gasteiger partial charge >= 0.3 is 5.82 Å². The number of nitrogens with zero attached hydrogens (tertiary/aromatic N) is 2. The molecule has 1 heterocycles. The highest BCUT2D eigenvalue weighted by Gasteiger charge is 2.15. The smallest absolute Gasteiger partial charge is 0.358 e. The van der Waals surface area contributed by atoms with Crippen molar-refractivity contribution in [2.75, 3.05) is 0 Å². The molecule has 58 valence electrons. The predicted molar refractivity (Wildman–Crippen MR) is 43.6 cm³/mol. The molecule has 0 aliphatic rings. The van der Waals surface area contributed by atoms with E-state index in [1.54, 1.807) is 0 Å². The van der Waals surface area contributed by atoms with Gasteiger partial charge in [-0.15, -0.1) is 0 Å². The van der Waals surface area contributed by atoms with Crippen molar-refractivity contribution in [3.8, 4) is 0 Å². The zero-order chi connectivity index (χ0) is 8.43. The van der Waals surface area contributed by atoms with Crippen molar-refractivity contribution in [1.29, 1.82) is 0 Å². The van der Waals surface area contributed by atoms with Crippen LogP contribution in [0.15, 0.2) is 16.7 Å². The SMILES string of the molecule is O=[N+]([O-])c1nccc(Br)c1Cl. The van der Waals surface area contributed by atoms with Crippen LogP contribution in [0.1, 0.15) is 0 Å². The van der Waals surface area contributed by atoms with Gasteiger partial charge in [0.25, 0.3) is 0 Å². The van der Waals surface area contributed by atoms with Gasteiger partial charge in [-0.3, -0.25) is 0 Å². The average molecular weight is 237 g/mol. The van der Waals surface area contributed by atoms with Gasteiger partial charge in [0.2, 0.25) is 0 Å². The molecule has 0 radical (unpaired) electrons. The maximum Gasteiger partial charge on any atom is 0.383 e. The minimum absolute atomic E-state index is 0.0255. The molecule has 0 unspecified atom stereocenters. The molecule has 0 aliphatic heterocycles. The zero-order valence-electron chi connectivity index (χ0n) is 5.12. The number of nitro groups is 1.